The lowest BCUT2D eigenvalue weighted by atomic mass is 9.74. The molecule has 2 aliphatic heterocycles. The zero-order valence-corrected chi connectivity index (χ0v) is 18.4. The summed E-state index contributed by atoms with van der Waals surface area (Å²) in [7, 11) is 2.03. The number of hydrogen-bond acceptors (Lipinski definition) is 2. The number of benzene rings is 3. The summed E-state index contributed by atoms with van der Waals surface area (Å²) >= 11 is 0. The first-order valence-corrected chi connectivity index (χ1v) is 11.4. The van der Waals surface area contributed by atoms with Crippen molar-refractivity contribution in [2.45, 2.75) is 18.3 Å². The fraction of sp³-hybridized carbons (Fsp3) is 0.250. The molecule has 0 radical (unpaired) electrons. The predicted octanol–water partition coefficient (Wildman–Crippen LogP) is 5.50. The second-order valence-electron chi connectivity index (χ2n) is 9.21. The number of likely N-dealkylation sites (tertiary alicyclic amines) is 1. The van der Waals surface area contributed by atoms with Crippen molar-refractivity contribution in [3.05, 3.63) is 96.2 Å². The number of fused-ring (bicyclic) bond motifs is 3. The molecule has 0 bridgehead atoms. The normalized spacial score (nSPS) is 17.2. The van der Waals surface area contributed by atoms with E-state index in [1.165, 1.54) is 16.9 Å². The molecular formula is C28H27N3O. The second-order valence-corrected chi connectivity index (χ2v) is 9.21. The number of aryl methyl sites for hydroxylation is 1. The van der Waals surface area contributed by atoms with Gasteiger partial charge in [0.25, 0.3) is 5.91 Å². The van der Waals surface area contributed by atoms with Crippen molar-refractivity contribution in [2.75, 3.05) is 24.5 Å². The number of para-hydroxylation sites is 2. The van der Waals surface area contributed by atoms with Gasteiger partial charge in [-0.1, -0.05) is 36.4 Å². The maximum Gasteiger partial charge on any atom is 0.253 e. The molecule has 4 nitrogen and oxygen atoms in total. The van der Waals surface area contributed by atoms with Gasteiger partial charge in [0.15, 0.2) is 0 Å². The first-order valence-electron chi connectivity index (χ1n) is 11.4. The summed E-state index contributed by atoms with van der Waals surface area (Å²) in [5.74, 6) is 0.150. The first-order chi connectivity index (χ1) is 15.6. The largest absolute Gasteiger partial charge is 0.351 e. The van der Waals surface area contributed by atoms with Crippen LogP contribution in [0.3, 0.4) is 0 Å². The topological polar surface area (TPSA) is 28.5 Å². The Bertz CT molecular complexity index is 1300. The van der Waals surface area contributed by atoms with Gasteiger partial charge < -0.3 is 14.4 Å². The number of rotatable bonds is 2. The Morgan fingerprint density at radius 1 is 0.875 bits per heavy atom. The van der Waals surface area contributed by atoms with Crippen LogP contribution in [0.5, 0.6) is 0 Å². The lowest BCUT2D eigenvalue weighted by Gasteiger charge is -2.40. The van der Waals surface area contributed by atoms with Crippen LogP contribution in [0.4, 0.5) is 11.4 Å². The molecule has 2 aliphatic rings. The summed E-state index contributed by atoms with van der Waals surface area (Å²) in [6, 6.07) is 27.6. The van der Waals surface area contributed by atoms with Crippen LogP contribution in [-0.4, -0.2) is 35.0 Å². The molecule has 0 N–H and O–H groups in total. The van der Waals surface area contributed by atoms with E-state index in [0.717, 1.165) is 48.9 Å². The van der Waals surface area contributed by atoms with Gasteiger partial charge in [-0.25, -0.2) is 0 Å². The monoisotopic (exact) mass is 421 g/mol. The SMILES string of the molecule is Cn1ccc2cc(C(=O)N3CCC4(CC3)CN(c3ccccc3)c3ccccc34)ccc21. The average Bonchev–Trinajstić information content (AvgIpc) is 3.38. The van der Waals surface area contributed by atoms with Crippen LogP contribution in [0.1, 0.15) is 28.8 Å². The van der Waals surface area contributed by atoms with Crippen molar-refractivity contribution in [1.29, 1.82) is 0 Å². The molecule has 1 saturated heterocycles. The van der Waals surface area contributed by atoms with Crippen LogP contribution in [0.25, 0.3) is 10.9 Å². The highest BCUT2D eigenvalue weighted by molar-refractivity contribution is 5.98. The molecule has 160 valence electrons. The average molecular weight is 422 g/mol. The summed E-state index contributed by atoms with van der Waals surface area (Å²) in [5, 5.41) is 1.12. The van der Waals surface area contributed by atoms with E-state index < -0.39 is 0 Å². The Labute approximate surface area is 188 Å². The van der Waals surface area contributed by atoms with Gasteiger partial charge in [-0.15, -0.1) is 0 Å². The van der Waals surface area contributed by atoms with Crippen LogP contribution in [-0.2, 0) is 12.5 Å². The van der Waals surface area contributed by atoms with E-state index in [-0.39, 0.29) is 11.3 Å². The number of piperidine rings is 1. The van der Waals surface area contributed by atoms with Crippen molar-refractivity contribution in [1.82, 2.24) is 9.47 Å². The Balaban J connectivity index is 1.25. The summed E-state index contributed by atoms with van der Waals surface area (Å²) in [6.45, 7) is 2.57. The number of nitrogens with zero attached hydrogens (tertiary/aromatic N) is 3. The highest BCUT2D eigenvalue weighted by Crippen LogP contribution is 2.49. The Kier molecular flexibility index (Phi) is 4.35. The van der Waals surface area contributed by atoms with Gasteiger partial charge >= 0.3 is 0 Å². The molecule has 1 aromatic heterocycles. The minimum Gasteiger partial charge on any atom is -0.351 e. The van der Waals surface area contributed by atoms with Crippen LogP contribution < -0.4 is 4.90 Å². The van der Waals surface area contributed by atoms with Crippen LogP contribution >= 0.6 is 0 Å². The van der Waals surface area contributed by atoms with E-state index in [1.807, 2.05) is 30.3 Å². The summed E-state index contributed by atoms with van der Waals surface area (Å²) in [4.78, 5) is 17.8. The number of carbonyl (C=O) groups is 1. The fourth-order valence-corrected chi connectivity index (χ4v) is 5.63. The van der Waals surface area contributed by atoms with Crippen molar-refractivity contribution in [3.63, 3.8) is 0 Å². The van der Waals surface area contributed by atoms with Crippen molar-refractivity contribution >= 4 is 28.2 Å². The van der Waals surface area contributed by atoms with Crippen molar-refractivity contribution in [3.8, 4) is 0 Å². The number of amides is 1. The molecule has 0 unspecified atom stereocenters. The highest BCUT2D eigenvalue weighted by atomic mass is 16.2. The van der Waals surface area contributed by atoms with Crippen LogP contribution in [0.15, 0.2) is 85.1 Å². The number of hydrogen-bond donors (Lipinski definition) is 0. The Morgan fingerprint density at radius 2 is 1.62 bits per heavy atom. The Morgan fingerprint density at radius 3 is 2.44 bits per heavy atom. The number of aromatic nitrogens is 1. The minimum atomic E-state index is 0.104. The molecule has 3 aromatic carbocycles. The fourth-order valence-electron chi connectivity index (χ4n) is 5.63. The molecule has 4 heteroatoms. The smallest absolute Gasteiger partial charge is 0.253 e. The standard InChI is InChI=1S/C28H27N3O/c1-29-16-13-21-19-22(11-12-25(21)29)27(32)30-17-14-28(15-18-30)20-31(23-7-3-2-4-8-23)26-10-6-5-9-24(26)28/h2-13,16,19H,14-15,17-18,20H2,1H3. The highest BCUT2D eigenvalue weighted by Gasteiger charge is 2.45. The molecule has 3 heterocycles. The van der Waals surface area contributed by atoms with Gasteiger partial charge in [-0.3, -0.25) is 4.79 Å². The van der Waals surface area contributed by atoms with Crippen LogP contribution in [0, 0.1) is 0 Å². The zero-order valence-electron chi connectivity index (χ0n) is 18.4. The quantitative estimate of drug-likeness (QED) is 0.427. The Hall–Kier alpha value is -3.53. The van der Waals surface area contributed by atoms with Gasteiger partial charge in [-0.2, -0.15) is 0 Å². The van der Waals surface area contributed by atoms with Gasteiger partial charge in [0.1, 0.15) is 0 Å². The molecule has 1 fully saturated rings. The van der Waals surface area contributed by atoms with E-state index in [9.17, 15) is 4.79 Å². The summed E-state index contributed by atoms with van der Waals surface area (Å²) in [6.07, 6.45) is 4.03. The lowest BCUT2D eigenvalue weighted by molar-refractivity contribution is 0.0675. The lowest BCUT2D eigenvalue weighted by Crippen LogP contribution is -2.46. The van der Waals surface area contributed by atoms with Gasteiger partial charge in [0, 0.05) is 66.1 Å². The molecule has 6 rings (SSSR count). The maximum atomic E-state index is 13.3. The third-order valence-electron chi connectivity index (χ3n) is 7.43. The van der Waals surface area contributed by atoms with Crippen molar-refractivity contribution < 1.29 is 4.79 Å². The summed E-state index contributed by atoms with van der Waals surface area (Å²) in [5.41, 5.74) is 6.04. The first kappa shape index (κ1) is 19.2. The molecular weight excluding hydrogens is 394 g/mol. The van der Waals surface area contributed by atoms with E-state index >= 15 is 0 Å². The molecule has 32 heavy (non-hydrogen) atoms. The number of carbonyl (C=O) groups excluding carboxylic acids is 1. The third-order valence-corrected chi connectivity index (χ3v) is 7.43. The van der Waals surface area contributed by atoms with E-state index in [0.29, 0.717) is 0 Å². The molecule has 4 aromatic rings. The molecule has 0 saturated carbocycles. The van der Waals surface area contributed by atoms with Gasteiger partial charge in [0.05, 0.1) is 0 Å². The van der Waals surface area contributed by atoms with Crippen LogP contribution in [0.2, 0.25) is 0 Å². The van der Waals surface area contributed by atoms with Gasteiger partial charge in [-0.05, 0) is 60.9 Å². The minimum absolute atomic E-state index is 0.104. The molecule has 1 amide bonds. The number of anilines is 2. The third kappa shape index (κ3) is 2.94. The van der Waals surface area contributed by atoms with Crippen molar-refractivity contribution in [2.24, 2.45) is 7.05 Å². The van der Waals surface area contributed by atoms with E-state index in [4.69, 9.17) is 0 Å². The van der Waals surface area contributed by atoms with E-state index in [1.54, 1.807) is 0 Å². The molecule has 0 aliphatic carbocycles. The second kappa shape index (κ2) is 7.27. The van der Waals surface area contributed by atoms with E-state index in [2.05, 4.69) is 76.2 Å². The van der Waals surface area contributed by atoms with Gasteiger partial charge in [0.2, 0.25) is 0 Å². The predicted molar refractivity (Wildman–Crippen MR) is 130 cm³/mol. The summed E-state index contributed by atoms with van der Waals surface area (Å²) < 4.78 is 2.09. The maximum absolute atomic E-state index is 13.3. The molecule has 0 atom stereocenters. The molecule has 1 spiro atoms. The zero-order chi connectivity index (χ0) is 21.7.